The molecule has 3 heteroatoms. The number of carbonyl (C=O) groups excluding carboxylic acids is 1. The maximum atomic E-state index is 7.50. The predicted molar refractivity (Wildman–Crippen MR) is 12.6 cm³/mol. The largest absolute Gasteiger partial charge is 0.281 e. The summed E-state index contributed by atoms with van der Waals surface area (Å²) in [6, 6.07) is 0. The van der Waals surface area contributed by atoms with Crippen molar-refractivity contribution in [2.75, 3.05) is 0 Å². The quantitative estimate of drug-likeness (QED) is 0.422. The van der Waals surface area contributed by atoms with Crippen LogP contribution >= 0.6 is 9.90 Å². The first-order valence-corrected chi connectivity index (χ1v) is 0.204. The van der Waals surface area contributed by atoms with Gasteiger partial charge in [-0.25, -0.2) is 0 Å². The third-order valence-corrected chi connectivity index (χ3v) is 0. The molecule has 0 aromatic rings. The van der Waals surface area contributed by atoms with Crippen molar-refractivity contribution >= 4 is 16.7 Å². The molecule has 0 aromatic heterocycles. The Morgan fingerprint density at radius 2 is 1.25 bits per heavy atom. The maximum Gasteiger partial charge on any atom is 0.281 e. The van der Waals surface area contributed by atoms with Gasteiger partial charge in [0.25, 0.3) is 6.79 Å². The zero-order valence-corrected chi connectivity index (χ0v) is 3.62. The Morgan fingerprint density at radius 1 is 1.25 bits per heavy atom. The fourth-order valence-corrected chi connectivity index (χ4v) is 0. The van der Waals surface area contributed by atoms with E-state index in [1.807, 2.05) is 0 Å². The minimum Gasteiger partial charge on any atom is -0.281 e. The van der Waals surface area contributed by atoms with Gasteiger partial charge in [0.1, 0.15) is 0 Å². The molecule has 0 saturated heterocycles. The second kappa shape index (κ2) is 66.6. The molecular formula is CCoOP. The first-order valence-electron chi connectivity index (χ1n) is 0.204. The van der Waals surface area contributed by atoms with Gasteiger partial charge in [-0.1, -0.05) is 0 Å². The van der Waals surface area contributed by atoms with E-state index < -0.39 is 0 Å². The minimum absolute atomic E-state index is 0. The summed E-state index contributed by atoms with van der Waals surface area (Å²) < 4.78 is 0. The van der Waals surface area contributed by atoms with Crippen LogP contribution in [0.5, 0.6) is 0 Å². The van der Waals surface area contributed by atoms with Crippen molar-refractivity contribution in [1.82, 2.24) is 0 Å². The Bertz CT molecular complexity index is 8.00. The van der Waals surface area contributed by atoms with E-state index in [4.69, 9.17) is 4.79 Å². The third-order valence-electron chi connectivity index (χ3n) is 0. The van der Waals surface area contributed by atoms with Gasteiger partial charge >= 0.3 is 0 Å². The van der Waals surface area contributed by atoms with Crippen molar-refractivity contribution in [2.24, 2.45) is 0 Å². The van der Waals surface area contributed by atoms with Gasteiger partial charge in [-0.3, -0.25) is 4.79 Å². The molecule has 0 bridgehead atoms. The Balaban J connectivity index is -0.00000000500. The molecule has 0 aliphatic carbocycles. The monoisotopic (exact) mass is 118 g/mol. The Morgan fingerprint density at radius 3 is 1.25 bits per heavy atom. The van der Waals surface area contributed by atoms with Crippen molar-refractivity contribution in [1.29, 1.82) is 0 Å². The summed E-state index contributed by atoms with van der Waals surface area (Å²) in [6.07, 6.45) is 0. The van der Waals surface area contributed by atoms with Crippen molar-refractivity contribution < 1.29 is 21.6 Å². The van der Waals surface area contributed by atoms with Crippen molar-refractivity contribution in [3.05, 3.63) is 0 Å². The first kappa shape index (κ1) is 23.2. The molecule has 0 aromatic carbocycles. The van der Waals surface area contributed by atoms with E-state index in [0.29, 0.717) is 0 Å². The summed E-state index contributed by atoms with van der Waals surface area (Å²) >= 11 is 0. The summed E-state index contributed by atoms with van der Waals surface area (Å²) in [4.78, 5) is 7.50. The fourth-order valence-electron chi connectivity index (χ4n) is 0. The topological polar surface area (TPSA) is 17.1 Å². The summed E-state index contributed by atoms with van der Waals surface area (Å²) in [5.74, 6) is 0. The van der Waals surface area contributed by atoms with Crippen LogP contribution in [0.4, 0.5) is 0 Å². The van der Waals surface area contributed by atoms with Crippen molar-refractivity contribution in [3.8, 4) is 0 Å². The molecule has 0 N–H and O–H groups in total. The van der Waals surface area contributed by atoms with E-state index in [9.17, 15) is 0 Å². The average molecular weight is 118 g/mol. The number of hydrogen-bond acceptors (Lipinski definition) is 1. The second-order valence-electron chi connectivity index (χ2n) is 0. The smallest absolute Gasteiger partial charge is 0.281 e. The van der Waals surface area contributed by atoms with Gasteiger partial charge in [0.2, 0.25) is 0 Å². The van der Waals surface area contributed by atoms with Crippen LogP contribution in [0.2, 0.25) is 0 Å². The fraction of sp³-hybridized carbons (Fsp3) is 0. The van der Waals surface area contributed by atoms with Crippen LogP contribution in [0.1, 0.15) is 0 Å². The van der Waals surface area contributed by atoms with E-state index in [2.05, 4.69) is 6.79 Å². The zero-order chi connectivity index (χ0) is 2.00. The molecule has 0 heterocycles. The standard InChI is InChI=1S/CO.Co.P/c1-2;;. The average Bonchev–Trinajstić information content (AvgIpc) is 1.00. The van der Waals surface area contributed by atoms with Crippen molar-refractivity contribution in [3.63, 3.8) is 0 Å². The van der Waals surface area contributed by atoms with Gasteiger partial charge in [-0.15, -0.1) is 0 Å². The molecule has 0 saturated carbocycles. The molecule has 0 spiro atoms. The summed E-state index contributed by atoms with van der Waals surface area (Å²) in [6.45, 7) is 4.50. The molecule has 0 unspecified atom stereocenters. The van der Waals surface area contributed by atoms with Crippen LogP contribution in [0.25, 0.3) is 0 Å². The van der Waals surface area contributed by atoms with Crippen LogP contribution in [-0.2, 0) is 21.6 Å². The van der Waals surface area contributed by atoms with E-state index in [1.54, 1.807) is 0 Å². The molecule has 0 aliphatic heterocycles. The molecule has 24 valence electrons. The summed E-state index contributed by atoms with van der Waals surface area (Å²) in [5.41, 5.74) is 0. The van der Waals surface area contributed by atoms with Gasteiger partial charge < -0.3 is 0 Å². The van der Waals surface area contributed by atoms with E-state index in [0.717, 1.165) is 0 Å². The molecule has 0 rings (SSSR count). The summed E-state index contributed by atoms with van der Waals surface area (Å²) in [7, 11) is 0. The molecule has 1 nitrogen and oxygen atoms in total. The van der Waals surface area contributed by atoms with Crippen LogP contribution in [0.3, 0.4) is 0 Å². The van der Waals surface area contributed by atoms with Crippen LogP contribution in [0.15, 0.2) is 0 Å². The molecule has 0 atom stereocenters. The van der Waals surface area contributed by atoms with Gasteiger partial charge in [0.05, 0.1) is 0 Å². The Labute approximate surface area is 39.0 Å². The zero-order valence-electron chi connectivity index (χ0n) is 1.69. The van der Waals surface area contributed by atoms with E-state index >= 15 is 0 Å². The second-order valence-corrected chi connectivity index (χ2v) is 0. The molecule has 4 heavy (non-hydrogen) atoms. The molecule has 0 aliphatic rings. The SMILES string of the molecule is [C]=O.[Co].[P]. The Kier molecular flexibility index (Phi) is 387. The summed E-state index contributed by atoms with van der Waals surface area (Å²) in [5, 5.41) is 0. The maximum absolute atomic E-state index is 7.50. The van der Waals surface area contributed by atoms with Gasteiger partial charge in [0.15, 0.2) is 0 Å². The molecular weight excluding hydrogens is 118 g/mol. The van der Waals surface area contributed by atoms with Gasteiger partial charge in [0, 0.05) is 26.7 Å². The minimum atomic E-state index is 0. The molecule has 6 radical (unpaired) electrons. The first-order chi connectivity index (χ1) is 1.00. The van der Waals surface area contributed by atoms with Crippen LogP contribution in [0, 0.1) is 0 Å². The molecule has 0 amide bonds. The van der Waals surface area contributed by atoms with Crippen LogP contribution < -0.4 is 0 Å². The van der Waals surface area contributed by atoms with Crippen molar-refractivity contribution in [2.45, 2.75) is 0 Å². The Hall–Kier alpha value is 0.606. The van der Waals surface area contributed by atoms with Gasteiger partial charge in [-0.05, 0) is 0 Å². The number of hydrogen-bond donors (Lipinski definition) is 0. The normalized spacial score (nSPS) is 1.00. The molecule has 0 fully saturated rings. The van der Waals surface area contributed by atoms with E-state index in [1.165, 1.54) is 0 Å². The number of rotatable bonds is 0. The third kappa shape index (κ3) is 18.3. The van der Waals surface area contributed by atoms with Crippen LogP contribution in [-0.4, -0.2) is 6.79 Å². The van der Waals surface area contributed by atoms with E-state index in [-0.39, 0.29) is 26.7 Å². The predicted octanol–water partition coefficient (Wildman–Crippen LogP) is 0.462. The van der Waals surface area contributed by atoms with Gasteiger partial charge in [-0.2, -0.15) is 0 Å².